The summed E-state index contributed by atoms with van der Waals surface area (Å²) in [5.41, 5.74) is 5.02. The van der Waals surface area contributed by atoms with E-state index in [9.17, 15) is 0 Å². The fraction of sp³-hybridized carbons (Fsp3) is 0.462. The Morgan fingerprint density at radius 3 is 2.40 bits per heavy atom. The van der Waals surface area contributed by atoms with Gasteiger partial charge in [-0.15, -0.1) is 0 Å². The molecule has 0 radical (unpaired) electrons. The standard InChI is InChI=1S/C13H18N2/c1-8(2)10-5-11(9(3)4)13-12(6-10)14-7-15-13/h5-9H,1-4H3,(H,14,15). The van der Waals surface area contributed by atoms with E-state index in [0.29, 0.717) is 11.8 Å². The van der Waals surface area contributed by atoms with Gasteiger partial charge < -0.3 is 4.98 Å². The van der Waals surface area contributed by atoms with Crippen LogP contribution in [0.5, 0.6) is 0 Å². The maximum Gasteiger partial charge on any atom is 0.0931 e. The smallest absolute Gasteiger partial charge is 0.0931 e. The molecule has 0 spiro atoms. The van der Waals surface area contributed by atoms with E-state index >= 15 is 0 Å². The number of H-pyrrole nitrogens is 1. The first-order chi connectivity index (χ1) is 7.09. The van der Waals surface area contributed by atoms with Gasteiger partial charge in [0, 0.05) is 0 Å². The van der Waals surface area contributed by atoms with E-state index in [1.54, 1.807) is 6.33 Å². The lowest BCUT2D eigenvalue weighted by Crippen LogP contribution is -1.94. The average Bonchev–Trinajstić information content (AvgIpc) is 2.62. The van der Waals surface area contributed by atoms with E-state index in [1.807, 2.05) is 0 Å². The number of hydrogen-bond acceptors (Lipinski definition) is 1. The second-order valence-corrected chi connectivity index (χ2v) is 4.72. The molecule has 1 heterocycles. The molecule has 0 amide bonds. The molecule has 0 unspecified atom stereocenters. The summed E-state index contributed by atoms with van der Waals surface area (Å²) in [5, 5.41) is 0. The van der Waals surface area contributed by atoms with Gasteiger partial charge in [0.1, 0.15) is 0 Å². The molecule has 0 aliphatic heterocycles. The summed E-state index contributed by atoms with van der Waals surface area (Å²) in [6.07, 6.45) is 1.78. The average molecular weight is 202 g/mol. The Bertz CT molecular complexity index is 466. The summed E-state index contributed by atoms with van der Waals surface area (Å²) in [7, 11) is 0. The number of hydrogen-bond donors (Lipinski definition) is 1. The second kappa shape index (κ2) is 3.69. The first kappa shape index (κ1) is 10.2. The van der Waals surface area contributed by atoms with Crippen LogP contribution in [0.25, 0.3) is 11.0 Å². The highest BCUT2D eigenvalue weighted by Crippen LogP contribution is 2.27. The lowest BCUT2D eigenvalue weighted by Gasteiger charge is -2.12. The van der Waals surface area contributed by atoms with Crippen molar-refractivity contribution >= 4 is 11.0 Å². The number of aromatic amines is 1. The van der Waals surface area contributed by atoms with Gasteiger partial charge in [-0.1, -0.05) is 33.8 Å². The van der Waals surface area contributed by atoms with Gasteiger partial charge in [-0.3, -0.25) is 0 Å². The van der Waals surface area contributed by atoms with E-state index in [4.69, 9.17) is 0 Å². The Morgan fingerprint density at radius 1 is 1.07 bits per heavy atom. The number of benzene rings is 1. The molecule has 2 nitrogen and oxygen atoms in total. The Balaban J connectivity index is 2.69. The maximum atomic E-state index is 4.35. The molecule has 1 N–H and O–H groups in total. The number of nitrogens with one attached hydrogen (secondary N) is 1. The summed E-state index contributed by atoms with van der Waals surface area (Å²) >= 11 is 0. The van der Waals surface area contributed by atoms with Crippen LogP contribution in [0, 0.1) is 0 Å². The van der Waals surface area contributed by atoms with Crippen molar-refractivity contribution in [1.29, 1.82) is 0 Å². The molecule has 0 aliphatic rings. The molecule has 0 fully saturated rings. The first-order valence-corrected chi connectivity index (χ1v) is 5.56. The normalized spacial score (nSPS) is 11.9. The van der Waals surface area contributed by atoms with Crippen molar-refractivity contribution in [1.82, 2.24) is 9.97 Å². The van der Waals surface area contributed by atoms with Crippen LogP contribution >= 0.6 is 0 Å². The first-order valence-electron chi connectivity index (χ1n) is 5.56. The molecule has 2 heteroatoms. The molecule has 1 aromatic heterocycles. The molecule has 0 aliphatic carbocycles. The molecule has 0 bridgehead atoms. The van der Waals surface area contributed by atoms with Gasteiger partial charge in [0.2, 0.25) is 0 Å². The number of nitrogens with zero attached hydrogens (tertiary/aromatic N) is 1. The Morgan fingerprint density at radius 2 is 1.80 bits per heavy atom. The molecule has 80 valence electrons. The van der Waals surface area contributed by atoms with Gasteiger partial charge in [-0.25, -0.2) is 4.98 Å². The molecule has 0 atom stereocenters. The van der Waals surface area contributed by atoms with Crippen LogP contribution in [-0.4, -0.2) is 9.97 Å². The minimum absolute atomic E-state index is 0.534. The zero-order valence-corrected chi connectivity index (χ0v) is 9.83. The van der Waals surface area contributed by atoms with Gasteiger partial charge in [0.05, 0.1) is 17.4 Å². The fourth-order valence-electron chi connectivity index (χ4n) is 1.89. The number of rotatable bonds is 2. The quantitative estimate of drug-likeness (QED) is 0.788. The largest absolute Gasteiger partial charge is 0.344 e. The molecular formula is C13H18N2. The highest BCUT2D eigenvalue weighted by Gasteiger charge is 2.10. The highest BCUT2D eigenvalue weighted by molar-refractivity contribution is 5.79. The predicted molar refractivity (Wildman–Crippen MR) is 64.3 cm³/mol. The van der Waals surface area contributed by atoms with Crippen molar-refractivity contribution in [2.45, 2.75) is 39.5 Å². The van der Waals surface area contributed by atoms with Crippen molar-refractivity contribution in [3.05, 3.63) is 29.6 Å². The maximum absolute atomic E-state index is 4.35. The summed E-state index contributed by atoms with van der Waals surface area (Å²) in [6.45, 7) is 8.88. The van der Waals surface area contributed by atoms with Gasteiger partial charge in [-0.2, -0.15) is 0 Å². The van der Waals surface area contributed by atoms with Crippen molar-refractivity contribution in [3.63, 3.8) is 0 Å². The van der Waals surface area contributed by atoms with Gasteiger partial charge in [0.15, 0.2) is 0 Å². The van der Waals surface area contributed by atoms with Gasteiger partial charge in [0.25, 0.3) is 0 Å². The molecule has 0 saturated heterocycles. The third kappa shape index (κ3) is 1.76. The van der Waals surface area contributed by atoms with Crippen molar-refractivity contribution in [2.24, 2.45) is 0 Å². The monoisotopic (exact) mass is 202 g/mol. The summed E-state index contributed by atoms with van der Waals surface area (Å²) in [6, 6.07) is 4.48. The van der Waals surface area contributed by atoms with E-state index in [2.05, 4.69) is 49.8 Å². The van der Waals surface area contributed by atoms with Crippen molar-refractivity contribution in [2.75, 3.05) is 0 Å². The second-order valence-electron chi connectivity index (χ2n) is 4.72. The Kier molecular flexibility index (Phi) is 2.51. The van der Waals surface area contributed by atoms with Crippen molar-refractivity contribution < 1.29 is 0 Å². The van der Waals surface area contributed by atoms with E-state index in [-0.39, 0.29) is 0 Å². The summed E-state index contributed by atoms with van der Waals surface area (Å²) in [5.74, 6) is 1.09. The molecule has 1 aromatic carbocycles. The van der Waals surface area contributed by atoms with Crippen LogP contribution in [0.4, 0.5) is 0 Å². The Hall–Kier alpha value is -1.31. The van der Waals surface area contributed by atoms with Crippen LogP contribution < -0.4 is 0 Å². The molecule has 0 saturated carbocycles. The lowest BCUT2D eigenvalue weighted by atomic mass is 9.94. The van der Waals surface area contributed by atoms with Crippen LogP contribution in [0.2, 0.25) is 0 Å². The minimum Gasteiger partial charge on any atom is -0.344 e. The third-order valence-corrected chi connectivity index (χ3v) is 2.87. The Labute approximate surface area is 90.7 Å². The predicted octanol–water partition coefficient (Wildman–Crippen LogP) is 3.81. The number of imidazole rings is 1. The summed E-state index contributed by atoms with van der Waals surface area (Å²) < 4.78 is 0. The molecule has 15 heavy (non-hydrogen) atoms. The van der Waals surface area contributed by atoms with E-state index in [0.717, 1.165) is 5.52 Å². The van der Waals surface area contributed by atoms with E-state index in [1.165, 1.54) is 16.6 Å². The van der Waals surface area contributed by atoms with Crippen LogP contribution in [0.15, 0.2) is 18.5 Å². The topological polar surface area (TPSA) is 28.7 Å². The molecule has 2 rings (SSSR count). The highest BCUT2D eigenvalue weighted by atomic mass is 14.9. The fourth-order valence-corrected chi connectivity index (χ4v) is 1.89. The van der Waals surface area contributed by atoms with Crippen LogP contribution in [-0.2, 0) is 0 Å². The summed E-state index contributed by atoms with van der Waals surface area (Å²) in [4.78, 5) is 7.57. The van der Waals surface area contributed by atoms with Gasteiger partial charge >= 0.3 is 0 Å². The molecular weight excluding hydrogens is 184 g/mol. The van der Waals surface area contributed by atoms with Crippen molar-refractivity contribution in [3.8, 4) is 0 Å². The van der Waals surface area contributed by atoms with Crippen LogP contribution in [0.3, 0.4) is 0 Å². The van der Waals surface area contributed by atoms with Gasteiger partial charge in [-0.05, 0) is 29.0 Å². The SMILES string of the molecule is CC(C)c1cc(C(C)C)c2[nH]cnc2c1. The van der Waals surface area contributed by atoms with Crippen LogP contribution in [0.1, 0.15) is 50.7 Å². The lowest BCUT2D eigenvalue weighted by molar-refractivity contribution is 0.840. The number of aromatic nitrogens is 2. The number of fused-ring (bicyclic) bond motifs is 1. The zero-order valence-electron chi connectivity index (χ0n) is 9.83. The molecule has 2 aromatic rings. The zero-order chi connectivity index (χ0) is 11.0. The third-order valence-electron chi connectivity index (χ3n) is 2.87. The minimum atomic E-state index is 0.534. The van der Waals surface area contributed by atoms with E-state index < -0.39 is 0 Å².